The zero-order valence-electron chi connectivity index (χ0n) is 23.6. The van der Waals surface area contributed by atoms with Crippen molar-refractivity contribution < 1.29 is 33.3 Å². The highest BCUT2D eigenvalue weighted by atomic mass is 16.6. The molecule has 0 saturated carbocycles. The van der Waals surface area contributed by atoms with E-state index < -0.39 is 18.1 Å². The number of fused-ring (bicyclic) bond motifs is 3. The number of esters is 1. The average Bonchev–Trinajstić information content (AvgIpc) is 3.33. The van der Waals surface area contributed by atoms with Crippen LogP contribution in [0.25, 0.3) is 11.1 Å². The number of rotatable bonds is 13. The van der Waals surface area contributed by atoms with E-state index >= 15 is 0 Å². The lowest BCUT2D eigenvalue weighted by Gasteiger charge is -2.19. The molecule has 1 atom stereocenters. The summed E-state index contributed by atoms with van der Waals surface area (Å²) < 4.78 is 22.1. The van der Waals surface area contributed by atoms with Gasteiger partial charge in [0.2, 0.25) is 0 Å². The number of hydrogen-bond acceptors (Lipinski definition) is 7. The van der Waals surface area contributed by atoms with Gasteiger partial charge in [0.25, 0.3) is 5.91 Å². The van der Waals surface area contributed by atoms with Crippen LogP contribution in [0, 0.1) is 0 Å². The molecule has 41 heavy (non-hydrogen) atoms. The van der Waals surface area contributed by atoms with Gasteiger partial charge in [-0.2, -0.15) is 0 Å². The molecule has 0 heterocycles. The Morgan fingerprint density at radius 3 is 2.24 bits per heavy atom. The molecule has 0 aromatic heterocycles. The molecule has 9 heteroatoms. The van der Waals surface area contributed by atoms with Gasteiger partial charge in [0.15, 0.2) is 6.61 Å². The molecule has 1 aliphatic carbocycles. The molecule has 0 bridgehead atoms. The van der Waals surface area contributed by atoms with Crippen LogP contribution in [0.3, 0.4) is 0 Å². The molecule has 2 amide bonds. The minimum Gasteiger partial charge on any atom is -0.496 e. The molecule has 1 aliphatic rings. The van der Waals surface area contributed by atoms with Crippen molar-refractivity contribution in [1.82, 2.24) is 10.6 Å². The molecule has 3 aromatic carbocycles. The van der Waals surface area contributed by atoms with Crippen molar-refractivity contribution in [2.45, 2.75) is 44.8 Å². The minimum atomic E-state index is -0.855. The second kappa shape index (κ2) is 14.2. The van der Waals surface area contributed by atoms with Gasteiger partial charge in [0.05, 0.1) is 7.11 Å². The molecule has 0 unspecified atom stereocenters. The van der Waals surface area contributed by atoms with Crippen molar-refractivity contribution in [3.05, 3.63) is 83.4 Å². The fraction of sp³-hybridized carbons (Fsp3) is 0.344. The molecule has 4 rings (SSSR count). The first kappa shape index (κ1) is 29.5. The minimum absolute atomic E-state index is 0.0628. The lowest BCUT2D eigenvalue weighted by molar-refractivity contribution is -0.147. The van der Waals surface area contributed by atoms with E-state index in [2.05, 4.69) is 34.9 Å². The zero-order valence-corrected chi connectivity index (χ0v) is 23.6. The lowest BCUT2D eigenvalue weighted by Crippen LogP contribution is -2.42. The second-order valence-electron chi connectivity index (χ2n) is 9.71. The first-order valence-corrected chi connectivity index (χ1v) is 13.7. The summed E-state index contributed by atoms with van der Waals surface area (Å²) >= 11 is 0. The third kappa shape index (κ3) is 7.36. The molecule has 0 aliphatic heterocycles. The number of carbonyl (C=O) groups is 3. The van der Waals surface area contributed by atoms with Crippen molar-refractivity contribution in [3.63, 3.8) is 0 Å². The van der Waals surface area contributed by atoms with E-state index in [0.29, 0.717) is 23.5 Å². The summed E-state index contributed by atoms with van der Waals surface area (Å²) in [6, 6.07) is 20.3. The van der Waals surface area contributed by atoms with Crippen LogP contribution < -0.4 is 20.1 Å². The highest BCUT2D eigenvalue weighted by molar-refractivity contribution is 5.82. The number of ether oxygens (including phenoxy) is 4. The average molecular weight is 561 g/mol. The quantitative estimate of drug-likeness (QED) is 0.284. The summed E-state index contributed by atoms with van der Waals surface area (Å²) in [7, 11) is 3.02. The highest BCUT2D eigenvalue weighted by Crippen LogP contribution is 2.44. The van der Waals surface area contributed by atoms with E-state index in [4.69, 9.17) is 18.9 Å². The smallest absolute Gasteiger partial charge is 0.407 e. The van der Waals surface area contributed by atoms with Gasteiger partial charge >= 0.3 is 12.1 Å². The van der Waals surface area contributed by atoms with Crippen molar-refractivity contribution in [3.8, 4) is 22.6 Å². The Morgan fingerprint density at radius 2 is 1.61 bits per heavy atom. The molecule has 0 radical (unpaired) electrons. The van der Waals surface area contributed by atoms with Crippen LogP contribution in [0.2, 0.25) is 0 Å². The Kier molecular flexibility index (Phi) is 10.2. The number of amides is 2. The molecule has 216 valence electrons. The van der Waals surface area contributed by atoms with Gasteiger partial charge in [-0.1, -0.05) is 68.3 Å². The number of carbonyl (C=O) groups excluding carboxylic acids is 3. The van der Waals surface area contributed by atoms with Crippen LogP contribution in [0.4, 0.5) is 4.79 Å². The Labute approximate surface area is 240 Å². The van der Waals surface area contributed by atoms with Crippen molar-refractivity contribution in [2.75, 3.05) is 27.4 Å². The predicted molar refractivity (Wildman–Crippen MR) is 154 cm³/mol. The third-order valence-corrected chi connectivity index (χ3v) is 7.04. The first-order chi connectivity index (χ1) is 19.9. The molecule has 3 aromatic rings. The summed E-state index contributed by atoms with van der Waals surface area (Å²) in [6.07, 6.45) is 1.33. The van der Waals surface area contributed by atoms with Gasteiger partial charge in [-0.05, 0) is 40.8 Å². The van der Waals surface area contributed by atoms with Gasteiger partial charge < -0.3 is 29.6 Å². The van der Waals surface area contributed by atoms with Gasteiger partial charge in [0.1, 0.15) is 30.8 Å². The number of likely N-dealkylation sites (N-methyl/N-ethyl adjacent to an activating group) is 1. The highest BCUT2D eigenvalue weighted by Gasteiger charge is 2.30. The normalized spacial score (nSPS) is 12.5. The SMILES string of the molecule is CCCC[C@H](NC(=O)OCC1c2ccccc2-c2ccccc21)C(=O)OCc1ccc(OCC(=O)NC)cc1OC. The van der Waals surface area contributed by atoms with Crippen LogP contribution >= 0.6 is 0 Å². The van der Waals surface area contributed by atoms with E-state index in [1.807, 2.05) is 31.2 Å². The predicted octanol–water partition coefficient (Wildman–Crippen LogP) is 4.96. The molecular formula is C32H36N2O7. The Bertz CT molecular complexity index is 1330. The number of unbranched alkanes of at least 4 members (excludes halogenated alkanes) is 1. The van der Waals surface area contributed by atoms with E-state index in [9.17, 15) is 14.4 Å². The van der Waals surface area contributed by atoms with Crippen LogP contribution in [-0.2, 0) is 25.7 Å². The molecule has 2 N–H and O–H groups in total. The number of alkyl carbamates (subject to hydrolysis) is 1. The number of methoxy groups -OCH3 is 1. The lowest BCUT2D eigenvalue weighted by atomic mass is 9.98. The topological polar surface area (TPSA) is 112 Å². The van der Waals surface area contributed by atoms with Gasteiger partial charge in [-0.15, -0.1) is 0 Å². The summed E-state index contributed by atoms with van der Waals surface area (Å²) in [5.74, 6) is -0.0111. The van der Waals surface area contributed by atoms with Crippen molar-refractivity contribution >= 4 is 18.0 Å². The fourth-order valence-corrected chi connectivity index (χ4v) is 4.84. The maximum Gasteiger partial charge on any atom is 0.407 e. The summed E-state index contributed by atoms with van der Waals surface area (Å²) in [4.78, 5) is 37.3. The first-order valence-electron chi connectivity index (χ1n) is 13.7. The number of hydrogen-bond donors (Lipinski definition) is 2. The maximum atomic E-state index is 13.0. The van der Waals surface area contributed by atoms with Crippen molar-refractivity contribution in [2.24, 2.45) is 0 Å². The van der Waals surface area contributed by atoms with Crippen LogP contribution in [0.15, 0.2) is 66.7 Å². The van der Waals surface area contributed by atoms with Crippen LogP contribution in [-0.4, -0.2) is 51.4 Å². The van der Waals surface area contributed by atoms with Gasteiger partial charge in [-0.25, -0.2) is 9.59 Å². The molecule has 9 nitrogen and oxygen atoms in total. The van der Waals surface area contributed by atoms with Crippen molar-refractivity contribution in [1.29, 1.82) is 0 Å². The standard InChI is InChI=1S/C32H36N2O7/c1-4-5-14-28(31(36)40-18-21-15-16-22(17-29(21)38-3)39-20-30(35)33-2)34-32(37)41-19-27-25-12-8-6-10-23(25)24-11-7-9-13-26(24)27/h6-13,15-17,27-28H,4-5,14,18-20H2,1-3H3,(H,33,35)(H,34,37)/t28-/m0/s1. The van der Waals surface area contributed by atoms with E-state index in [0.717, 1.165) is 35.1 Å². The summed E-state index contributed by atoms with van der Waals surface area (Å²) in [5, 5.41) is 5.19. The Balaban J connectivity index is 1.35. The molecular weight excluding hydrogens is 524 g/mol. The molecule has 0 fully saturated rings. The largest absolute Gasteiger partial charge is 0.496 e. The monoisotopic (exact) mass is 560 g/mol. The molecule has 0 spiro atoms. The third-order valence-electron chi connectivity index (χ3n) is 7.04. The molecule has 0 saturated heterocycles. The van der Waals surface area contributed by atoms with E-state index in [1.54, 1.807) is 18.2 Å². The zero-order chi connectivity index (χ0) is 29.2. The summed E-state index contributed by atoms with van der Waals surface area (Å²) in [6.45, 7) is 1.97. The second-order valence-corrected chi connectivity index (χ2v) is 9.71. The summed E-state index contributed by atoms with van der Waals surface area (Å²) in [5.41, 5.74) is 5.12. The fourth-order valence-electron chi connectivity index (χ4n) is 4.84. The Hall–Kier alpha value is -4.53. The Morgan fingerprint density at radius 1 is 0.927 bits per heavy atom. The maximum absolute atomic E-state index is 13.0. The number of nitrogens with one attached hydrogen (secondary N) is 2. The van der Waals surface area contributed by atoms with Crippen LogP contribution in [0.1, 0.15) is 48.8 Å². The van der Waals surface area contributed by atoms with E-state index in [-0.39, 0.29) is 31.6 Å². The van der Waals surface area contributed by atoms with Gasteiger partial charge in [-0.3, -0.25) is 4.79 Å². The number of benzene rings is 3. The van der Waals surface area contributed by atoms with Crippen LogP contribution in [0.5, 0.6) is 11.5 Å². The van der Waals surface area contributed by atoms with Gasteiger partial charge in [0, 0.05) is 24.6 Å². The van der Waals surface area contributed by atoms with E-state index in [1.165, 1.54) is 14.2 Å².